The molecule has 0 radical (unpaired) electrons. The lowest BCUT2D eigenvalue weighted by atomic mass is 10.1. The number of unbranched alkanes of at least 4 members (excludes halogenated alkanes) is 1. The van der Waals surface area contributed by atoms with Crippen LogP contribution in [0.3, 0.4) is 0 Å². The maximum Gasteiger partial charge on any atom is 0.410 e. The summed E-state index contributed by atoms with van der Waals surface area (Å²) in [5, 5.41) is 6.67. The number of aliphatic imine (C=N–C) groups is 1. The van der Waals surface area contributed by atoms with Gasteiger partial charge in [0.1, 0.15) is 5.60 Å². The summed E-state index contributed by atoms with van der Waals surface area (Å²) in [4.78, 5) is 17.9. The van der Waals surface area contributed by atoms with Crippen molar-refractivity contribution in [3.05, 3.63) is 35.4 Å². The van der Waals surface area contributed by atoms with Gasteiger partial charge in [0.2, 0.25) is 0 Å². The van der Waals surface area contributed by atoms with E-state index in [-0.39, 0.29) is 6.09 Å². The first-order valence-corrected chi connectivity index (χ1v) is 11.1. The molecule has 2 N–H and O–H groups in total. The summed E-state index contributed by atoms with van der Waals surface area (Å²) in [6.45, 7) is 7.75. The Hall–Kier alpha value is -1.89. The Balaban J connectivity index is 2.42. The molecule has 0 unspecified atom stereocenters. The molecule has 1 rings (SSSR count). The van der Waals surface area contributed by atoms with Gasteiger partial charge in [-0.2, -0.15) is 11.8 Å². The first-order valence-electron chi connectivity index (χ1n) is 9.70. The maximum absolute atomic E-state index is 12.1. The number of carbonyl (C=O) groups excluding carboxylic acids is 1. The summed E-state index contributed by atoms with van der Waals surface area (Å²) in [5.41, 5.74) is 1.74. The van der Waals surface area contributed by atoms with Crippen LogP contribution in [0.1, 0.15) is 44.7 Å². The van der Waals surface area contributed by atoms with Crippen LogP contribution in [-0.2, 0) is 17.8 Å². The van der Waals surface area contributed by atoms with E-state index in [9.17, 15) is 4.79 Å². The largest absolute Gasteiger partial charge is 0.444 e. The molecule has 1 amide bonds. The van der Waals surface area contributed by atoms with Gasteiger partial charge in [0, 0.05) is 33.7 Å². The molecule has 6 nitrogen and oxygen atoms in total. The number of hydrogen-bond donors (Lipinski definition) is 2. The lowest BCUT2D eigenvalue weighted by molar-refractivity contribution is 0.0285. The summed E-state index contributed by atoms with van der Waals surface area (Å²) < 4.78 is 5.38. The Morgan fingerprint density at radius 1 is 1.14 bits per heavy atom. The number of carbonyl (C=O) groups is 1. The van der Waals surface area contributed by atoms with Crippen molar-refractivity contribution in [3.63, 3.8) is 0 Å². The van der Waals surface area contributed by atoms with Crippen LogP contribution in [0.15, 0.2) is 29.3 Å². The first-order chi connectivity index (χ1) is 13.2. The molecule has 0 aromatic heterocycles. The van der Waals surface area contributed by atoms with Gasteiger partial charge in [-0.25, -0.2) is 4.79 Å². The van der Waals surface area contributed by atoms with Gasteiger partial charge in [-0.05, 0) is 56.7 Å². The minimum atomic E-state index is -0.484. The number of amides is 1. The van der Waals surface area contributed by atoms with Crippen molar-refractivity contribution in [2.45, 2.75) is 52.3 Å². The fourth-order valence-corrected chi connectivity index (χ4v) is 2.92. The average molecular weight is 409 g/mol. The van der Waals surface area contributed by atoms with Gasteiger partial charge < -0.3 is 20.3 Å². The predicted octanol–water partition coefficient (Wildman–Crippen LogP) is 3.86. The number of nitrogens with zero attached hydrogens (tertiary/aromatic N) is 2. The molecular weight excluding hydrogens is 372 g/mol. The van der Waals surface area contributed by atoms with Gasteiger partial charge in [-0.3, -0.25) is 4.99 Å². The monoisotopic (exact) mass is 408 g/mol. The van der Waals surface area contributed by atoms with Crippen molar-refractivity contribution in [2.75, 3.05) is 32.6 Å². The van der Waals surface area contributed by atoms with Gasteiger partial charge in [0.15, 0.2) is 5.96 Å². The summed E-state index contributed by atoms with van der Waals surface area (Å²) in [6.07, 6.45) is 4.17. The SMILES string of the molecule is CN=C(NCCCCSC)NCc1ccc(CN(C)C(=O)OC(C)(C)C)cc1. The molecule has 1 aromatic rings. The fourth-order valence-electron chi connectivity index (χ4n) is 2.43. The van der Waals surface area contributed by atoms with E-state index >= 15 is 0 Å². The summed E-state index contributed by atoms with van der Waals surface area (Å²) in [7, 11) is 3.53. The Kier molecular flexibility index (Phi) is 10.8. The van der Waals surface area contributed by atoms with Crippen molar-refractivity contribution in [1.29, 1.82) is 0 Å². The van der Waals surface area contributed by atoms with Crippen molar-refractivity contribution >= 4 is 23.8 Å². The zero-order valence-electron chi connectivity index (χ0n) is 18.2. The predicted molar refractivity (Wildman–Crippen MR) is 120 cm³/mol. The second-order valence-corrected chi connectivity index (χ2v) is 8.69. The Morgan fingerprint density at radius 2 is 1.79 bits per heavy atom. The van der Waals surface area contributed by atoms with Crippen molar-refractivity contribution in [2.24, 2.45) is 4.99 Å². The maximum atomic E-state index is 12.1. The molecule has 0 saturated carbocycles. The molecule has 0 spiro atoms. The molecule has 7 heteroatoms. The van der Waals surface area contributed by atoms with Gasteiger partial charge in [0.05, 0.1) is 0 Å². The minimum Gasteiger partial charge on any atom is -0.444 e. The highest BCUT2D eigenvalue weighted by Gasteiger charge is 2.19. The topological polar surface area (TPSA) is 66.0 Å². The zero-order valence-corrected chi connectivity index (χ0v) is 19.0. The van der Waals surface area contributed by atoms with Crippen LogP contribution in [0.4, 0.5) is 4.79 Å². The summed E-state index contributed by atoms with van der Waals surface area (Å²) in [5.74, 6) is 2.02. The molecule has 0 bridgehead atoms. The third-order valence-electron chi connectivity index (χ3n) is 3.90. The number of nitrogens with one attached hydrogen (secondary N) is 2. The van der Waals surface area contributed by atoms with E-state index in [1.165, 1.54) is 12.2 Å². The molecule has 0 aliphatic heterocycles. The molecule has 0 saturated heterocycles. The molecule has 0 atom stereocenters. The lowest BCUT2D eigenvalue weighted by Crippen LogP contribution is -2.37. The lowest BCUT2D eigenvalue weighted by Gasteiger charge is -2.24. The molecule has 158 valence electrons. The van der Waals surface area contributed by atoms with E-state index < -0.39 is 5.60 Å². The van der Waals surface area contributed by atoms with E-state index in [4.69, 9.17) is 4.74 Å². The van der Waals surface area contributed by atoms with Crippen molar-refractivity contribution in [1.82, 2.24) is 15.5 Å². The fraction of sp³-hybridized carbons (Fsp3) is 0.619. The third kappa shape index (κ3) is 10.4. The van der Waals surface area contributed by atoms with E-state index in [1.807, 2.05) is 44.7 Å². The van der Waals surface area contributed by atoms with Crippen molar-refractivity contribution < 1.29 is 9.53 Å². The van der Waals surface area contributed by atoms with Gasteiger partial charge in [-0.1, -0.05) is 24.3 Å². The number of thioether (sulfide) groups is 1. The highest BCUT2D eigenvalue weighted by molar-refractivity contribution is 7.98. The van der Waals surface area contributed by atoms with Crippen LogP contribution in [0.25, 0.3) is 0 Å². The second kappa shape index (κ2) is 12.5. The van der Waals surface area contributed by atoms with Crippen LogP contribution >= 0.6 is 11.8 Å². The Labute approximate surface area is 174 Å². The number of hydrogen-bond acceptors (Lipinski definition) is 4. The van der Waals surface area contributed by atoms with Gasteiger partial charge >= 0.3 is 6.09 Å². The minimum absolute atomic E-state index is 0.314. The second-order valence-electron chi connectivity index (χ2n) is 7.71. The van der Waals surface area contributed by atoms with E-state index in [0.29, 0.717) is 13.1 Å². The molecule has 0 heterocycles. The number of ether oxygens (including phenoxy) is 1. The van der Waals surface area contributed by atoms with Crippen LogP contribution in [0.2, 0.25) is 0 Å². The normalized spacial score (nSPS) is 11.9. The first kappa shape index (κ1) is 24.1. The molecular formula is C21H36N4O2S. The molecule has 0 fully saturated rings. The molecule has 28 heavy (non-hydrogen) atoms. The Morgan fingerprint density at radius 3 is 2.36 bits per heavy atom. The molecule has 0 aliphatic rings. The van der Waals surface area contributed by atoms with E-state index in [2.05, 4.69) is 34.0 Å². The molecule has 1 aromatic carbocycles. The van der Waals surface area contributed by atoms with Gasteiger partial charge in [-0.15, -0.1) is 0 Å². The average Bonchev–Trinajstić information content (AvgIpc) is 2.63. The molecule has 0 aliphatic carbocycles. The zero-order chi connectivity index (χ0) is 21.0. The van der Waals surface area contributed by atoms with E-state index in [1.54, 1.807) is 19.0 Å². The third-order valence-corrected chi connectivity index (χ3v) is 4.60. The Bertz CT molecular complexity index is 612. The van der Waals surface area contributed by atoms with Crippen LogP contribution in [-0.4, -0.2) is 55.2 Å². The van der Waals surface area contributed by atoms with Gasteiger partial charge in [0.25, 0.3) is 0 Å². The van der Waals surface area contributed by atoms with Crippen LogP contribution in [0, 0.1) is 0 Å². The summed E-state index contributed by atoms with van der Waals surface area (Å²) in [6, 6.07) is 8.21. The van der Waals surface area contributed by atoms with Crippen molar-refractivity contribution in [3.8, 4) is 0 Å². The number of benzene rings is 1. The standard InChI is InChI=1S/C21H36N4O2S/c1-21(2,3)27-20(26)25(5)16-18-11-9-17(10-12-18)15-24-19(22-4)23-13-7-8-14-28-6/h9-12H,7-8,13-16H2,1-6H3,(H2,22,23,24). The number of rotatable bonds is 9. The smallest absolute Gasteiger partial charge is 0.410 e. The summed E-state index contributed by atoms with van der Waals surface area (Å²) >= 11 is 1.88. The van der Waals surface area contributed by atoms with Crippen LogP contribution in [0.5, 0.6) is 0 Å². The van der Waals surface area contributed by atoms with Crippen LogP contribution < -0.4 is 10.6 Å². The highest BCUT2D eigenvalue weighted by Crippen LogP contribution is 2.12. The highest BCUT2D eigenvalue weighted by atomic mass is 32.2. The van der Waals surface area contributed by atoms with E-state index in [0.717, 1.165) is 30.1 Å². The quantitative estimate of drug-likeness (QED) is 0.369. The number of guanidine groups is 1.